The second kappa shape index (κ2) is 10.4. The summed E-state index contributed by atoms with van der Waals surface area (Å²) in [4.78, 5) is 42.3. The van der Waals surface area contributed by atoms with Gasteiger partial charge in [0.25, 0.3) is 5.91 Å². The molecule has 176 valence electrons. The maximum Gasteiger partial charge on any atom is 0.319 e. The highest BCUT2D eigenvalue weighted by Gasteiger charge is 2.41. The van der Waals surface area contributed by atoms with Gasteiger partial charge >= 0.3 is 6.03 Å². The number of piperidine rings is 1. The number of nitrogens with one attached hydrogen (secondary N) is 3. The molecule has 33 heavy (non-hydrogen) atoms. The first-order valence-corrected chi connectivity index (χ1v) is 12.2. The van der Waals surface area contributed by atoms with Crippen molar-refractivity contribution in [2.75, 3.05) is 26.0 Å². The van der Waals surface area contributed by atoms with Crippen LogP contribution in [-0.4, -0.2) is 66.4 Å². The normalized spacial score (nSPS) is 21.9. The zero-order valence-corrected chi connectivity index (χ0v) is 19.9. The SMILES string of the molecule is CN(C)C(=O)CN1C2CCC1CC(NC(=O)Nc1cccc(C(=O)NCc3cccs3)c1)C2. The van der Waals surface area contributed by atoms with Gasteiger partial charge in [-0.15, -0.1) is 11.3 Å². The zero-order valence-electron chi connectivity index (χ0n) is 19.0. The molecule has 0 radical (unpaired) electrons. The molecule has 2 saturated heterocycles. The monoisotopic (exact) mass is 469 g/mol. The lowest BCUT2D eigenvalue weighted by Crippen LogP contribution is -2.53. The molecule has 2 bridgehead atoms. The number of benzene rings is 1. The van der Waals surface area contributed by atoms with Crippen molar-refractivity contribution in [3.05, 3.63) is 52.2 Å². The highest BCUT2D eigenvalue weighted by molar-refractivity contribution is 7.09. The molecule has 9 heteroatoms. The van der Waals surface area contributed by atoms with Gasteiger partial charge in [0.2, 0.25) is 5.91 Å². The molecule has 2 aliphatic rings. The van der Waals surface area contributed by atoms with Crippen LogP contribution in [0.1, 0.15) is 40.9 Å². The van der Waals surface area contributed by atoms with Crippen LogP contribution < -0.4 is 16.0 Å². The molecule has 4 rings (SSSR count). The Morgan fingerprint density at radius 3 is 2.52 bits per heavy atom. The minimum Gasteiger partial charge on any atom is -0.348 e. The van der Waals surface area contributed by atoms with Crippen molar-refractivity contribution in [2.45, 2.75) is 50.4 Å². The third-order valence-electron chi connectivity index (χ3n) is 6.42. The van der Waals surface area contributed by atoms with Gasteiger partial charge in [0.15, 0.2) is 0 Å². The second-order valence-electron chi connectivity index (χ2n) is 8.96. The van der Waals surface area contributed by atoms with Crippen molar-refractivity contribution in [1.29, 1.82) is 0 Å². The molecule has 2 aliphatic heterocycles. The Morgan fingerprint density at radius 2 is 1.85 bits per heavy atom. The molecule has 3 N–H and O–H groups in total. The van der Waals surface area contributed by atoms with Crippen LogP contribution in [0.25, 0.3) is 0 Å². The van der Waals surface area contributed by atoms with Gasteiger partial charge in [-0.05, 0) is 55.3 Å². The van der Waals surface area contributed by atoms with E-state index in [9.17, 15) is 14.4 Å². The molecule has 1 aromatic carbocycles. The molecule has 2 fully saturated rings. The van der Waals surface area contributed by atoms with Gasteiger partial charge in [-0.25, -0.2) is 4.79 Å². The third-order valence-corrected chi connectivity index (χ3v) is 7.30. The number of carbonyl (C=O) groups excluding carboxylic acids is 3. The van der Waals surface area contributed by atoms with E-state index in [2.05, 4.69) is 20.9 Å². The van der Waals surface area contributed by atoms with E-state index in [1.807, 2.05) is 17.5 Å². The van der Waals surface area contributed by atoms with Gasteiger partial charge in [-0.3, -0.25) is 14.5 Å². The average Bonchev–Trinajstić information content (AvgIpc) is 3.38. The molecule has 2 aromatic rings. The van der Waals surface area contributed by atoms with Crippen LogP contribution in [0.2, 0.25) is 0 Å². The summed E-state index contributed by atoms with van der Waals surface area (Å²) in [5, 5.41) is 10.8. The van der Waals surface area contributed by atoms with E-state index in [0.717, 1.165) is 30.6 Å². The Hall–Kier alpha value is -2.91. The van der Waals surface area contributed by atoms with E-state index in [1.165, 1.54) is 0 Å². The van der Waals surface area contributed by atoms with Gasteiger partial charge in [0, 0.05) is 48.3 Å². The summed E-state index contributed by atoms with van der Waals surface area (Å²) in [6, 6.07) is 11.3. The van der Waals surface area contributed by atoms with Crippen LogP contribution in [0.5, 0.6) is 0 Å². The van der Waals surface area contributed by atoms with E-state index in [4.69, 9.17) is 0 Å². The van der Waals surface area contributed by atoms with Crippen molar-refractivity contribution in [3.63, 3.8) is 0 Å². The van der Waals surface area contributed by atoms with E-state index in [-0.39, 0.29) is 23.9 Å². The molecule has 4 amide bonds. The minimum absolute atomic E-state index is 0.0745. The first-order chi connectivity index (χ1) is 15.9. The Balaban J connectivity index is 1.28. The Kier molecular flexibility index (Phi) is 7.29. The Labute approximate surface area is 198 Å². The number of amides is 4. The van der Waals surface area contributed by atoms with Crippen molar-refractivity contribution in [1.82, 2.24) is 20.4 Å². The van der Waals surface area contributed by atoms with Crippen molar-refractivity contribution in [2.24, 2.45) is 0 Å². The van der Waals surface area contributed by atoms with Gasteiger partial charge in [0.1, 0.15) is 0 Å². The maximum absolute atomic E-state index is 12.6. The third kappa shape index (κ3) is 5.91. The Bertz CT molecular complexity index is 980. The number of carbonyl (C=O) groups is 3. The summed E-state index contributed by atoms with van der Waals surface area (Å²) in [5.41, 5.74) is 1.08. The lowest BCUT2D eigenvalue weighted by atomic mass is 9.97. The van der Waals surface area contributed by atoms with Gasteiger partial charge in [-0.1, -0.05) is 12.1 Å². The van der Waals surface area contributed by atoms with Gasteiger partial charge in [-0.2, -0.15) is 0 Å². The lowest BCUT2D eigenvalue weighted by molar-refractivity contribution is -0.131. The fraction of sp³-hybridized carbons (Fsp3) is 0.458. The summed E-state index contributed by atoms with van der Waals surface area (Å²) >= 11 is 1.60. The number of urea groups is 1. The van der Waals surface area contributed by atoms with Crippen LogP contribution in [0.3, 0.4) is 0 Å². The van der Waals surface area contributed by atoms with Crippen LogP contribution in [0.4, 0.5) is 10.5 Å². The van der Waals surface area contributed by atoms with Gasteiger partial charge in [0.05, 0.1) is 13.1 Å². The van der Waals surface area contributed by atoms with Gasteiger partial charge < -0.3 is 20.9 Å². The number of hydrogen-bond donors (Lipinski definition) is 3. The average molecular weight is 470 g/mol. The smallest absolute Gasteiger partial charge is 0.319 e. The highest BCUT2D eigenvalue weighted by Crippen LogP contribution is 2.35. The van der Waals surface area contributed by atoms with Crippen LogP contribution in [0, 0.1) is 0 Å². The molecule has 3 heterocycles. The molecular formula is C24H31N5O3S. The fourth-order valence-electron chi connectivity index (χ4n) is 4.72. The predicted molar refractivity (Wildman–Crippen MR) is 129 cm³/mol. The zero-order chi connectivity index (χ0) is 23.4. The highest BCUT2D eigenvalue weighted by atomic mass is 32.1. The standard InChI is InChI=1S/C24H31N5O3S/c1-28(2)22(30)15-29-19-8-9-20(29)13-18(12-19)27-24(32)26-17-6-3-5-16(11-17)23(31)25-14-21-7-4-10-33-21/h3-7,10-11,18-20H,8-9,12-15H2,1-2H3,(H,25,31)(H2,26,27,32). The number of thiophene rings is 1. The largest absolute Gasteiger partial charge is 0.348 e. The van der Waals surface area contributed by atoms with E-state index >= 15 is 0 Å². The van der Waals surface area contributed by atoms with Crippen molar-refractivity contribution in [3.8, 4) is 0 Å². The van der Waals surface area contributed by atoms with Crippen LogP contribution in [-0.2, 0) is 11.3 Å². The molecular weight excluding hydrogens is 438 g/mol. The lowest BCUT2D eigenvalue weighted by Gasteiger charge is -2.39. The first-order valence-electron chi connectivity index (χ1n) is 11.3. The number of hydrogen-bond acceptors (Lipinski definition) is 5. The predicted octanol–water partition coefficient (Wildman–Crippen LogP) is 2.88. The quantitative estimate of drug-likeness (QED) is 0.581. The minimum atomic E-state index is -0.270. The Morgan fingerprint density at radius 1 is 1.09 bits per heavy atom. The summed E-state index contributed by atoms with van der Waals surface area (Å²) < 4.78 is 0. The molecule has 0 aliphatic carbocycles. The maximum atomic E-state index is 12.6. The van der Waals surface area contributed by atoms with E-state index in [1.54, 1.807) is 54.6 Å². The first kappa shape index (κ1) is 23.3. The van der Waals surface area contributed by atoms with Crippen LogP contribution in [0.15, 0.2) is 41.8 Å². The van der Waals surface area contributed by atoms with Crippen molar-refractivity contribution < 1.29 is 14.4 Å². The molecule has 0 spiro atoms. The van der Waals surface area contributed by atoms with E-state index in [0.29, 0.717) is 36.4 Å². The topological polar surface area (TPSA) is 93.8 Å². The summed E-state index contributed by atoms with van der Waals surface area (Å²) in [6.07, 6.45) is 3.81. The summed E-state index contributed by atoms with van der Waals surface area (Å²) in [6.45, 7) is 0.929. The molecule has 2 unspecified atom stereocenters. The molecule has 0 saturated carbocycles. The van der Waals surface area contributed by atoms with E-state index < -0.39 is 0 Å². The second-order valence-corrected chi connectivity index (χ2v) is 9.99. The number of fused-ring (bicyclic) bond motifs is 2. The number of likely N-dealkylation sites (N-methyl/N-ethyl adjacent to an activating group) is 1. The molecule has 1 aromatic heterocycles. The number of anilines is 1. The summed E-state index contributed by atoms with van der Waals surface area (Å²) in [5.74, 6) is -0.0564. The number of rotatable bonds is 7. The fourth-order valence-corrected chi connectivity index (χ4v) is 5.37. The molecule has 8 nitrogen and oxygen atoms in total. The summed E-state index contributed by atoms with van der Waals surface area (Å²) in [7, 11) is 3.57. The van der Waals surface area contributed by atoms with Crippen molar-refractivity contribution >= 4 is 34.9 Å². The van der Waals surface area contributed by atoms with Crippen LogP contribution >= 0.6 is 11.3 Å². The number of nitrogens with zero attached hydrogens (tertiary/aromatic N) is 2. The molecule has 2 atom stereocenters.